The Kier molecular flexibility index (Phi) is 6.47. The molecule has 5 heteroatoms. The monoisotopic (exact) mass is 413 g/mol. The minimum atomic E-state index is 0. The summed E-state index contributed by atoms with van der Waals surface area (Å²) >= 11 is 0. The van der Waals surface area contributed by atoms with Gasteiger partial charge in [0, 0.05) is 28.4 Å². The Bertz CT molecular complexity index is 768. The summed E-state index contributed by atoms with van der Waals surface area (Å²) in [5.74, 6) is 1.06. The number of carbonyl (C=O) groups is 2. The molecule has 4 rings (SSSR count). The van der Waals surface area contributed by atoms with E-state index in [2.05, 4.69) is 34.5 Å². The summed E-state index contributed by atoms with van der Waals surface area (Å²) in [4.78, 5) is 27.8. The SMILES string of the molecule is CC(=O)NC1CCC2(CCN(CCC3CCN(C(C)=O)CC3)CC2)c2ccccc21.[HH]. The van der Waals surface area contributed by atoms with Gasteiger partial charge in [0.2, 0.25) is 11.8 Å². The number of nitrogens with zero attached hydrogens (tertiary/aromatic N) is 2. The van der Waals surface area contributed by atoms with Crippen molar-refractivity contribution >= 4 is 11.8 Å². The van der Waals surface area contributed by atoms with Crippen LogP contribution in [0.2, 0.25) is 0 Å². The van der Waals surface area contributed by atoms with Crippen LogP contribution in [0.4, 0.5) is 0 Å². The second kappa shape index (κ2) is 9.09. The van der Waals surface area contributed by atoms with E-state index < -0.39 is 0 Å². The topological polar surface area (TPSA) is 52.7 Å². The van der Waals surface area contributed by atoms with Crippen LogP contribution in [0.1, 0.15) is 77.4 Å². The minimum absolute atomic E-state index is 0. The van der Waals surface area contributed by atoms with Crippen LogP contribution in [0.3, 0.4) is 0 Å². The van der Waals surface area contributed by atoms with Gasteiger partial charge >= 0.3 is 0 Å². The maximum absolute atomic E-state index is 11.6. The van der Waals surface area contributed by atoms with E-state index in [4.69, 9.17) is 0 Å². The number of nitrogens with one attached hydrogen (secondary N) is 1. The molecular weight excluding hydrogens is 374 g/mol. The highest BCUT2D eigenvalue weighted by molar-refractivity contribution is 5.73. The fraction of sp³-hybridized carbons (Fsp3) is 0.680. The highest BCUT2D eigenvalue weighted by Gasteiger charge is 2.41. The fourth-order valence-electron chi connectivity index (χ4n) is 6.02. The molecule has 0 saturated carbocycles. The van der Waals surface area contributed by atoms with Crippen molar-refractivity contribution < 1.29 is 11.0 Å². The van der Waals surface area contributed by atoms with Gasteiger partial charge in [0.1, 0.15) is 0 Å². The van der Waals surface area contributed by atoms with Gasteiger partial charge in [0.25, 0.3) is 0 Å². The second-order valence-corrected chi connectivity index (χ2v) is 9.74. The van der Waals surface area contributed by atoms with Gasteiger partial charge in [-0.1, -0.05) is 24.3 Å². The Morgan fingerprint density at radius 1 is 1.03 bits per heavy atom. The van der Waals surface area contributed by atoms with E-state index in [1.807, 2.05) is 4.90 Å². The molecule has 2 aliphatic heterocycles. The lowest BCUT2D eigenvalue weighted by atomic mass is 9.63. The zero-order valence-corrected chi connectivity index (χ0v) is 18.7. The summed E-state index contributed by atoms with van der Waals surface area (Å²) in [6, 6.07) is 8.97. The Balaban J connectivity index is 0.00000272. The van der Waals surface area contributed by atoms with Crippen molar-refractivity contribution in [1.82, 2.24) is 15.1 Å². The molecule has 3 aliphatic rings. The number of carbonyl (C=O) groups excluding carboxylic acids is 2. The molecule has 1 N–H and O–H groups in total. The number of amides is 2. The van der Waals surface area contributed by atoms with E-state index in [0.717, 1.165) is 38.3 Å². The summed E-state index contributed by atoms with van der Waals surface area (Å²) in [5.41, 5.74) is 3.10. The first kappa shape index (κ1) is 21.4. The fourth-order valence-corrected chi connectivity index (χ4v) is 6.02. The third-order valence-electron chi connectivity index (χ3n) is 7.92. The van der Waals surface area contributed by atoms with E-state index in [0.29, 0.717) is 0 Å². The highest BCUT2D eigenvalue weighted by Crippen LogP contribution is 2.47. The average Bonchev–Trinajstić information content (AvgIpc) is 2.76. The van der Waals surface area contributed by atoms with E-state index >= 15 is 0 Å². The third kappa shape index (κ3) is 4.56. The smallest absolute Gasteiger partial charge is 0.219 e. The zero-order chi connectivity index (χ0) is 21.1. The molecule has 1 unspecified atom stereocenters. The zero-order valence-electron chi connectivity index (χ0n) is 18.7. The molecule has 0 radical (unpaired) electrons. The number of hydrogen-bond acceptors (Lipinski definition) is 3. The van der Waals surface area contributed by atoms with Crippen LogP contribution in [-0.2, 0) is 15.0 Å². The summed E-state index contributed by atoms with van der Waals surface area (Å²) < 4.78 is 0. The van der Waals surface area contributed by atoms with Crippen LogP contribution in [0.25, 0.3) is 0 Å². The number of piperidine rings is 2. The lowest BCUT2D eigenvalue weighted by Gasteiger charge is -2.47. The van der Waals surface area contributed by atoms with E-state index in [1.165, 1.54) is 56.4 Å². The minimum Gasteiger partial charge on any atom is -0.350 e. The Hall–Kier alpha value is -1.88. The number of hydrogen-bond donors (Lipinski definition) is 1. The molecule has 2 amide bonds. The number of benzene rings is 1. The van der Waals surface area contributed by atoms with E-state index in [9.17, 15) is 9.59 Å². The molecule has 2 saturated heterocycles. The first-order chi connectivity index (χ1) is 14.5. The maximum atomic E-state index is 11.6. The summed E-state index contributed by atoms with van der Waals surface area (Å²) in [6.45, 7) is 8.72. The molecule has 30 heavy (non-hydrogen) atoms. The molecular formula is C25H39N3O2. The Labute approximate surface area is 182 Å². The first-order valence-corrected chi connectivity index (χ1v) is 11.8. The largest absolute Gasteiger partial charge is 0.350 e. The quantitative estimate of drug-likeness (QED) is 0.815. The van der Waals surface area contributed by atoms with Crippen molar-refractivity contribution in [3.8, 4) is 0 Å². The molecule has 5 nitrogen and oxygen atoms in total. The standard InChI is InChI=1S/C25H37N3O2.H2/c1-19(29)26-24-7-11-25(23-6-4-3-5-22(23)24)12-17-27(18-13-25)14-8-21-9-15-28(16-10-21)20(2)30;/h3-6,21,24H,7-18H2,1-2H3,(H,26,29);1H. The summed E-state index contributed by atoms with van der Waals surface area (Å²) in [7, 11) is 0. The second-order valence-electron chi connectivity index (χ2n) is 9.74. The van der Waals surface area contributed by atoms with Gasteiger partial charge in [-0.2, -0.15) is 0 Å². The van der Waals surface area contributed by atoms with Crippen molar-refractivity contribution in [2.45, 2.75) is 70.3 Å². The van der Waals surface area contributed by atoms with Crippen molar-refractivity contribution in [2.75, 3.05) is 32.7 Å². The van der Waals surface area contributed by atoms with E-state index in [1.54, 1.807) is 13.8 Å². The van der Waals surface area contributed by atoms with Crippen LogP contribution in [0, 0.1) is 5.92 Å². The van der Waals surface area contributed by atoms with Crippen LogP contribution in [0.5, 0.6) is 0 Å². The number of fused-ring (bicyclic) bond motifs is 2. The van der Waals surface area contributed by atoms with Crippen LogP contribution < -0.4 is 5.32 Å². The molecule has 1 atom stereocenters. The molecule has 0 bridgehead atoms. The highest BCUT2D eigenvalue weighted by atomic mass is 16.2. The average molecular weight is 414 g/mol. The molecule has 166 valence electrons. The first-order valence-electron chi connectivity index (χ1n) is 11.8. The lowest BCUT2D eigenvalue weighted by molar-refractivity contribution is -0.130. The predicted octanol–water partition coefficient (Wildman–Crippen LogP) is 3.89. The van der Waals surface area contributed by atoms with E-state index in [-0.39, 0.29) is 24.7 Å². The van der Waals surface area contributed by atoms with Crippen molar-refractivity contribution in [3.05, 3.63) is 35.4 Å². The Morgan fingerprint density at radius 2 is 1.73 bits per heavy atom. The van der Waals surface area contributed by atoms with Gasteiger partial charge in [-0.05, 0) is 87.0 Å². The van der Waals surface area contributed by atoms with Gasteiger partial charge in [0.05, 0.1) is 6.04 Å². The normalized spacial score (nSPS) is 24.5. The summed E-state index contributed by atoms with van der Waals surface area (Å²) in [5, 5.41) is 3.16. The van der Waals surface area contributed by atoms with Gasteiger partial charge in [0.15, 0.2) is 0 Å². The maximum Gasteiger partial charge on any atom is 0.219 e. The molecule has 0 aromatic heterocycles. The molecule has 1 aromatic carbocycles. The van der Waals surface area contributed by atoms with Gasteiger partial charge in [-0.3, -0.25) is 9.59 Å². The Morgan fingerprint density at radius 3 is 2.40 bits per heavy atom. The van der Waals surface area contributed by atoms with Crippen molar-refractivity contribution in [3.63, 3.8) is 0 Å². The van der Waals surface area contributed by atoms with Crippen LogP contribution in [-0.4, -0.2) is 54.3 Å². The van der Waals surface area contributed by atoms with Gasteiger partial charge in [-0.25, -0.2) is 0 Å². The van der Waals surface area contributed by atoms with Gasteiger partial charge in [-0.15, -0.1) is 0 Å². The molecule has 2 fully saturated rings. The molecule has 1 aliphatic carbocycles. The van der Waals surface area contributed by atoms with Crippen LogP contribution >= 0.6 is 0 Å². The molecule has 1 aromatic rings. The predicted molar refractivity (Wildman–Crippen MR) is 121 cm³/mol. The number of likely N-dealkylation sites (tertiary alicyclic amines) is 2. The molecule has 2 heterocycles. The van der Waals surface area contributed by atoms with Crippen molar-refractivity contribution in [2.24, 2.45) is 5.92 Å². The van der Waals surface area contributed by atoms with Gasteiger partial charge < -0.3 is 15.1 Å². The lowest BCUT2D eigenvalue weighted by Crippen LogP contribution is -2.46. The summed E-state index contributed by atoms with van der Waals surface area (Å²) in [6.07, 6.45) is 8.25. The van der Waals surface area contributed by atoms with Crippen LogP contribution in [0.15, 0.2) is 24.3 Å². The third-order valence-corrected chi connectivity index (χ3v) is 7.92. The number of rotatable bonds is 4. The molecule has 1 spiro atoms. The van der Waals surface area contributed by atoms with Crippen molar-refractivity contribution in [1.29, 1.82) is 0 Å².